The van der Waals surface area contributed by atoms with E-state index in [-0.39, 0.29) is 19.3 Å². The fraction of sp³-hybridized carbons (Fsp3) is 0.211. The molecule has 144 valence electrons. The molecule has 0 saturated carbocycles. The van der Waals surface area contributed by atoms with Crippen molar-refractivity contribution in [2.75, 3.05) is 6.61 Å². The topological polar surface area (TPSA) is 111 Å². The summed E-state index contributed by atoms with van der Waals surface area (Å²) in [5.74, 6) is -0.964. The summed E-state index contributed by atoms with van der Waals surface area (Å²) in [4.78, 5) is 39.4. The van der Waals surface area contributed by atoms with E-state index < -0.39 is 24.4 Å². The van der Waals surface area contributed by atoms with Gasteiger partial charge in [0.2, 0.25) is 17.6 Å². The van der Waals surface area contributed by atoms with Crippen molar-refractivity contribution in [1.29, 1.82) is 0 Å². The average molecular weight is 399 g/mol. The number of benzene rings is 1. The van der Waals surface area contributed by atoms with Crippen molar-refractivity contribution in [3.63, 3.8) is 0 Å². The molecule has 0 atom stereocenters. The largest absolute Gasteiger partial charge is 0.456 e. The molecule has 2 aromatic heterocycles. The first-order valence-corrected chi connectivity index (χ1v) is 9.42. The Morgan fingerprint density at radius 3 is 2.68 bits per heavy atom. The van der Waals surface area contributed by atoms with Gasteiger partial charge in [0, 0.05) is 17.4 Å². The molecule has 0 fully saturated rings. The molecule has 0 spiro atoms. The maximum Gasteiger partial charge on any atom is 0.306 e. The molecule has 1 N–H and O–H groups in total. The molecule has 2 amide bonds. The minimum absolute atomic E-state index is 0.0173. The highest BCUT2D eigenvalue weighted by Crippen LogP contribution is 2.19. The molecule has 0 aliphatic heterocycles. The summed E-state index contributed by atoms with van der Waals surface area (Å²) in [7, 11) is 0. The number of carbonyl (C=O) groups is 3. The van der Waals surface area contributed by atoms with Gasteiger partial charge in [0.05, 0.1) is 12.8 Å². The van der Waals surface area contributed by atoms with Crippen molar-refractivity contribution in [2.24, 2.45) is 0 Å². The van der Waals surface area contributed by atoms with Crippen molar-refractivity contribution >= 4 is 29.1 Å². The van der Waals surface area contributed by atoms with E-state index in [9.17, 15) is 14.4 Å². The number of aryl methyl sites for hydroxylation is 1. The van der Waals surface area contributed by atoms with E-state index in [0.717, 1.165) is 11.1 Å². The van der Waals surface area contributed by atoms with Gasteiger partial charge >= 0.3 is 5.97 Å². The van der Waals surface area contributed by atoms with Crippen LogP contribution in [0.3, 0.4) is 0 Å². The molecule has 3 rings (SSSR count). The molecule has 0 aliphatic rings. The highest BCUT2D eigenvalue weighted by atomic mass is 32.1. The van der Waals surface area contributed by atoms with Crippen LogP contribution in [0.15, 0.2) is 51.7 Å². The summed E-state index contributed by atoms with van der Waals surface area (Å²) in [6, 6.07) is 10.9. The lowest BCUT2D eigenvalue weighted by Gasteiger charge is -2.05. The lowest BCUT2D eigenvalue weighted by atomic mass is 10.1. The van der Waals surface area contributed by atoms with E-state index in [4.69, 9.17) is 9.26 Å². The van der Waals surface area contributed by atoms with Gasteiger partial charge in [-0.25, -0.2) is 0 Å². The van der Waals surface area contributed by atoms with Crippen molar-refractivity contribution in [3.05, 3.63) is 58.6 Å². The Hall–Kier alpha value is -3.33. The Morgan fingerprint density at radius 2 is 1.93 bits per heavy atom. The Morgan fingerprint density at radius 1 is 1.11 bits per heavy atom. The number of esters is 1. The average Bonchev–Trinajstić information content (AvgIpc) is 3.37. The van der Waals surface area contributed by atoms with Gasteiger partial charge in [-0.05, 0) is 17.0 Å². The molecule has 0 unspecified atom stereocenters. The zero-order valence-corrected chi connectivity index (χ0v) is 15.6. The van der Waals surface area contributed by atoms with Crippen LogP contribution in [-0.2, 0) is 32.0 Å². The normalized spacial score (nSPS) is 10.4. The van der Waals surface area contributed by atoms with Crippen LogP contribution in [0.2, 0.25) is 0 Å². The number of thiophene rings is 1. The van der Waals surface area contributed by atoms with E-state index in [1.165, 1.54) is 11.3 Å². The highest BCUT2D eigenvalue weighted by molar-refractivity contribution is 7.08. The number of hydrogen-bond acceptors (Lipinski definition) is 8. The SMILES string of the molecule is O=C(COC(=O)CCc1nc(-c2ccsc2)no1)NC(=O)Cc1ccccc1. The van der Waals surface area contributed by atoms with Crippen molar-refractivity contribution in [2.45, 2.75) is 19.3 Å². The maximum atomic E-state index is 11.8. The Labute approximate surface area is 164 Å². The molecular weight excluding hydrogens is 382 g/mol. The second-order valence-electron chi connectivity index (χ2n) is 5.82. The van der Waals surface area contributed by atoms with Gasteiger partial charge in [-0.15, -0.1) is 0 Å². The zero-order chi connectivity index (χ0) is 19.8. The van der Waals surface area contributed by atoms with Crippen LogP contribution in [0, 0.1) is 0 Å². The summed E-state index contributed by atoms with van der Waals surface area (Å²) in [5, 5.41) is 9.82. The molecule has 0 aliphatic carbocycles. The van der Waals surface area contributed by atoms with E-state index in [2.05, 4.69) is 15.5 Å². The van der Waals surface area contributed by atoms with Gasteiger partial charge < -0.3 is 9.26 Å². The lowest BCUT2D eigenvalue weighted by Crippen LogP contribution is -2.35. The quantitative estimate of drug-likeness (QED) is 0.578. The Bertz CT molecular complexity index is 938. The molecule has 9 heteroatoms. The number of nitrogens with one attached hydrogen (secondary N) is 1. The fourth-order valence-corrected chi connectivity index (χ4v) is 2.94. The number of amides is 2. The number of nitrogens with zero attached hydrogens (tertiary/aromatic N) is 2. The van der Waals surface area contributed by atoms with E-state index >= 15 is 0 Å². The van der Waals surface area contributed by atoms with Gasteiger partial charge in [0.15, 0.2) is 6.61 Å². The molecule has 8 nitrogen and oxygen atoms in total. The molecule has 1 aromatic carbocycles. The predicted molar refractivity (Wildman–Crippen MR) is 100 cm³/mol. The van der Waals surface area contributed by atoms with Crippen LogP contribution in [0.5, 0.6) is 0 Å². The Kier molecular flexibility index (Phi) is 6.64. The summed E-state index contributed by atoms with van der Waals surface area (Å²) in [6.45, 7) is -0.524. The Balaban J connectivity index is 1.36. The molecule has 28 heavy (non-hydrogen) atoms. The van der Waals surface area contributed by atoms with Crippen molar-refractivity contribution in [3.8, 4) is 11.4 Å². The van der Waals surface area contributed by atoms with Crippen LogP contribution < -0.4 is 5.32 Å². The second kappa shape index (κ2) is 9.56. The number of carbonyl (C=O) groups excluding carboxylic acids is 3. The van der Waals surface area contributed by atoms with Crippen LogP contribution in [0.25, 0.3) is 11.4 Å². The first-order chi connectivity index (χ1) is 13.6. The number of rotatable bonds is 8. The lowest BCUT2D eigenvalue weighted by molar-refractivity contribution is -0.149. The number of aromatic nitrogens is 2. The third kappa shape index (κ3) is 5.85. The fourth-order valence-electron chi connectivity index (χ4n) is 2.31. The van der Waals surface area contributed by atoms with E-state index in [1.807, 2.05) is 22.9 Å². The summed E-state index contributed by atoms with van der Waals surface area (Å²) < 4.78 is 9.95. The van der Waals surface area contributed by atoms with Crippen molar-refractivity contribution < 1.29 is 23.6 Å². The standard InChI is InChI=1S/C19H17N3O5S/c23-15(10-13-4-2-1-3-5-13)20-16(24)11-26-18(25)7-6-17-21-19(22-27-17)14-8-9-28-12-14/h1-5,8-9,12H,6-7,10-11H2,(H,20,23,24). The second-order valence-corrected chi connectivity index (χ2v) is 6.60. The zero-order valence-electron chi connectivity index (χ0n) is 14.8. The monoisotopic (exact) mass is 399 g/mol. The number of imide groups is 1. The van der Waals surface area contributed by atoms with Gasteiger partial charge in [-0.1, -0.05) is 35.5 Å². The van der Waals surface area contributed by atoms with Crippen LogP contribution >= 0.6 is 11.3 Å². The first kappa shape index (κ1) is 19.4. The minimum Gasteiger partial charge on any atom is -0.456 e. The third-order valence-electron chi connectivity index (χ3n) is 3.64. The van der Waals surface area contributed by atoms with Crippen LogP contribution in [0.1, 0.15) is 17.9 Å². The smallest absolute Gasteiger partial charge is 0.306 e. The summed E-state index contributed by atoms with van der Waals surface area (Å²) in [6.07, 6.45) is 0.255. The number of ether oxygens (including phenoxy) is 1. The molecular formula is C19H17N3O5S. The third-order valence-corrected chi connectivity index (χ3v) is 4.32. The van der Waals surface area contributed by atoms with Gasteiger partial charge in [0.1, 0.15) is 0 Å². The van der Waals surface area contributed by atoms with Gasteiger partial charge in [-0.2, -0.15) is 16.3 Å². The minimum atomic E-state index is -0.674. The highest BCUT2D eigenvalue weighted by Gasteiger charge is 2.14. The molecule has 2 heterocycles. The van der Waals surface area contributed by atoms with Gasteiger partial charge in [-0.3, -0.25) is 19.7 Å². The molecule has 0 bridgehead atoms. The molecule has 0 radical (unpaired) electrons. The first-order valence-electron chi connectivity index (χ1n) is 8.47. The van der Waals surface area contributed by atoms with E-state index in [1.54, 1.807) is 24.3 Å². The number of hydrogen-bond donors (Lipinski definition) is 1. The van der Waals surface area contributed by atoms with E-state index in [0.29, 0.717) is 11.7 Å². The molecule has 0 saturated heterocycles. The molecule has 3 aromatic rings. The summed E-state index contributed by atoms with van der Waals surface area (Å²) in [5.41, 5.74) is 1.63. The predicted octanol–water partition coefficient (Wildman–Crippen LogP) is 2.16. The van der Waals surface area contributed by atoms with Crippen molar-refractivity contribution in [1.82, 2.24) is 15.5 Å². The maximum absolute atomic E-state index is 11.8. The van der Waals surface area contributed by atoms with Gasteiger partial charge in [0.25, 0.3) is 5.91 Å². The summed E-state index contributed by atoms with van der Waals surface area (Å²) >= 11 is 1.52. The van der Waals surface area contributed by atoms with Crippen LogP contribution in [0.4, 0.5) is 0 Å². The van der Waals surface area contributed by atoms with Crippen LogP contribution in [-0.4, -0.2) is 34.5 Å².